The Morgan fingerprint density at radius 2 is 2.43 bits per heavy atom. The molecule has 2 aromatic rings. The first-order chi connectivity index (χ1) is 6.77. The maximum absolute atomic E-state index is 6.05. The summed E-state index contributed by atoms with van der Waals surface area (Å²) < 4.78 is 2.16. The molecule has 1 aliphatic carbocycles. The molecule has 1 fully saturated rings. The van der Waals surface area contributed by atoms with Gasteiger partial charge < -0.3 is 5.73 Å². The van der Waals surface area contributed by atoms with Crippen LogP contribution in [0, 0.1) is 0 Å². The molecule has 0 amide bonds. The minimum atomic E-state index is 0.141. The highest BCUT2D eigenvalue weighted by atomic mass is 32.1. The average Bonchev–Trinajstić information content (AvgIpc) is 2.65. The molecule has 2 heterocycles. The number of nitrogens with two attached hydrogens (primary N) is 1. The van der Waals surface area contributed by atoms with Crippen LogP contribution in [0.25, 0.3) is 4.83 Å². The van der Waals surface area contributed by atoms with E-state index < -0.39 is 0 Å². The SMILES string of the molecule is NC1(CCc2ncc3sccn23)CC1. The highest BCUT2D eigenvalue weighted by Gasteiger charge is 2.37. The lowest BCUT2D eigenvalue weighted by Crippen LogP contribution is -2.22. The molecule has 0 bridgehead atoms. The molecule has 0 aromatic carbocycles. The summed E-state index contributed by atoms with van der Waals surface area (Å²) in [4.78, 5) is 5.63. The molecule has 0 unspecified atom stereocenters. The maximum Gasteiger partial charge on any atom is 0.119 e. The van der Waals surface area contributed by atoms with Gasteiger partial charge in [0.15, 0.2) is 0 Å². The van der Waals surface area contributed by atoms with E-state index in [9.17, 15) is 0 Å². The molecule has 2 N–H and O–H groups in total. The van der Waals surface area contributed by atoms with Crippen molar-refractivity contribution in [2.75, 3.05) is 0 Å². The van der Waals surface area contributed by atoms with Crippen molar-refractivity contribution < 1.29 is 0 Å². The van der Waals surface area contributed by atoms with Crippen molar-refractivity contribution in [2.24, 2.45) is 5.73 Å². The summed E-state index contributed by atoms with van der Waals surface area (Å²) in [5.74, 6) is 1.15. The number of nitrogens with zero attached hydrogens (tertiary/aromatic N) is 2. The zero-order chi connectivity index (χ0) is 9.60. The predicted molar refractivity (Wildman–Crippen MR) is 57.5 cm³/mol. The van der Waals surface area contributed by atoms with E-state index in [0.717, 1.165) is 18.7 Å². The topological polar surface area (TPSA) is 43.3 Å². The van der Waals surface area contributed by atoms with Crippen LogP contribution in [0.2, 0.25) is 0 Å². The molecule has 74 valence electrons. The lowest BCUT2D eigenvalue weighted by molar-refractivity contribution is 0.595. The van der Waals surface area contributed by atoms with E-state index in [1.807, 2.05) is 6.20 Å². The number of hydrogen-bond donors (Lipinski definition) is 1. The van der Waals surface area contributed by atoms with E-state index in [1.54, 1.807) is 11.3 Å². The Morgan fingerprint density at radius 1 is 1.57 bits per heavy atom. The zero-order valence-corrected chi connectivity index (χ0v) is 8.76. The van der Waals surface area contributed by atoms with Crippen molar-refractivity contribution >= 4 is 16.2 Å². The quantitative estimate of drug-likeness (QED) is 0.834. The van der Waals surface area contributed by atoms with E-state index in [1.165, 1.54) is 17.7 Å². The molecule has 4 heteroatoms. The minimum Gasteiger partial charge on any atom is -0.325 e. The van der Waals surface area contributed by atoms with Gasteiger partial charge in [0.25, 0.3) is 0 Å². The number of imidazole rings is 1. The fourth-order valence-electron chi connectivity index (χ4n) is 1.75. The predicted octanol–water partition coefficient (Wildman–Crippen LogP) is 1.82. The number of aryl methyl sites for hydroxylation is 1. The minimum absolute atomic E-state index is 0.141. The van der Waals surface area contributed by atoms with Gasteiger partial charge in [-0.15, -0.1) is 11.3 Å². The van der Waals surface area contributed by atoms with Crippen molar-refractivity contribution in [2.45, 2.75) is 31.2 Å². The summed E-state index contributed by atoms with van der Waals surface area (Å²) in [7, 11) is 0. The Balaban J connectivity index is 1.81. The molecular weight excluding hydrogens is 194 g/mol. The first-order valence-corrected chi connectivity index (χ1v) is 5.83. The molecule has 0 saturated heterocycles. The monoisotopic (exact) mass is 207 g/mol. The molecule has 14 heavy (non-hydrogen) atoms. The third-order valence-electron chi connectivity index (χ3n) is 2.98. The number of fused-ring (bicyclic) bond motifs is 1. The van der Waals surface area contributed by atoms with Gasteiger partial charge in [-0.05, 0) is 19.3 Å². The lowest BCUT2D eigenvalue weighted by Gasteiger charge is -2.06. The van der Waals surface area contributed by atoms with Crippen LogP contribution < -0.4 is 5.73 Å². The molecule has 0 aliphatic heterocycles. The van der Waals surface area contributed by atoms with Gasteiger partial charge in [0, 0.05) is 23.5 Å². The Bertz CT molecular complexity index is 453. The summed E-state index contributed by atoms with van der Waals surface area (Å²) in [6.07, 6.45) is 8.47. The average molecular weight is 207 g/mol. The van der Waals surface area contributed by atoms with Crippen LogP contribution in [0.4, 0.5) is 0 Å². The highest BCUT2D eigenvalue weighted by molar-refractivity contribution is 7.15. The largest absolute Gasteiger partial charge is 0.325 e. The molecule has 0 spiro atoms. The fraction of sp³-hybridized carbons (Fsp3) is 0.500. The van der Waals surface area contributed by atoms with Crippen molar-refractivity contribution in [3.8, 4) is 0 Å². The molecule has 3 rings (SSSR count). The zero-order valence-electron chi connectivity index (χ0n) is 7.94. The molecule has 0 atom stereocenters. The van der Waals surface area contributed by atoms with E-state index >= 15 is 0 Å². The van der Waals surface area contributed by atoms with E-state index in [2.05, 4.69) is 21.0 Å². The second-order valence-electron chi connectivity index (χ2n) is 4.15. The van der Waals surface area contributed by atoms with Crippen molar-refractivity contribution in [1.29, 1.82) is 0 Å². The standard InChI is InChI=1S/C10H13N3S/c11-10(3-4-10)2-1-8-12-7-9-13(8)5-6-14-9/h5-7H,1-4,11H2. The van der Waals surface area contributed by atoms with Crippen LogP contribution in [0.3, 0.4) is 0 Å². The normalized spacial score (nSPS) is 18.9. The van der Waals surface area contributed by atoms with Crippen molar-refractivity contribution in [1.82, 2.24) is 9.38 Å². The smallest absolute Gasteiger partial charge is 0.119 e. The van der Waals surface area contributed by atoms with Crippen molar-refractivity contribution in [3.05, 3.63) is 23.6 Å². The van der Waals surface area contributed by atoms with Crippen molar-refractivity contribution in [3.63, 3.8) is 0 Å². The van der Waals surface area contributed by atoms with Crippen LogP contribution in [0.15, 0.2) is 17.8 Å². The van der Waals surface area contributed by atoms with Gasteiger partial charge in [-0.2, -0.15) is 0 Å². The molecule has 3 nitrogen and oxygen atoms in total. The maximum atomic E-state index is 6.05. The summed E-state index contributed by atoms with van der Waals surface area (Å²) in [5, 5.41) is 2.09. The van der Waals surface area contributed by atoms with Crippen LogP contribution in [-0.4, -0.2) is 14.9 Å². The molecule has 1 saturated carbocycles. The van der Waals surface area contributed by atoms with E-state index in [-0.39, 0.29) is 5.54 Å². The van der Waals surface area contributed by atoms with Gasteiger partial charge in [0.2, 0.25) is 0 Å². The first-order valence-electron chi connectivity index (χ1n) is 4.95. The fourth-order valence-corrected chi connectivity index (χ4v) is 2.46. The molecule has 0 radical (unpaired) electrons. The summed E-state index contributed by atoms with van der Waals surface area (Å²) in [6.45, 7) is 0. The van der Waals surface area contributed by atoms with Gasteiger partial charge >= 0.3 is 0 Å². The van der Waals surface area contributed by atoms with Gasteiger partial charge in [-0.3, -0.25) is 4.40 Å². The van der Waals surface area contributed by atoms with Gasteiger partial charge in [-0.25, -0.2) is 4.98 Å². The first kappa shape index (κ1) is 8.44. The van der Waals surface area contributed by atoms with E-state index in [4.69, 9.17) is 5.73 Å². The molecular formula is C10H13N3S. The number of thiazole rings is 1. The summed E-state index contributed by atoms with van der Waals surface area (Å²) in [6, 6.07) is 0. The Kier molecular flexibility index (Phi) is 1.69. The number of rotatable bonds is 3. The number of aromatic nitrogens is 2. The number of hydrogen-bond acceptors (Lipinski definition) is 3. The Morgan fingerprint density at radius 3 is 3.21 bits per heavy atom. The molecule has 2 aromatic heterocycles. The van der Waals surface area contributed by atoms with Gasteiger partial charge in [0.1, 0.15) is 10.7 Å². The van der Waals surface area contributed by atoms with E-state index in [0.29, 0.717) is 0 Å². The third-order valence-corrected chi connectivity index (χ3v) is 3.78. The lowest BCUT2D eigenvalue weighted by atomic mass is 10.1. The van der Waals surface area contributed by atoms with Crippen LogP contribution in [0.5, 0.6) is 0 Å². The van der Waals surface area contributed by atoms with Gasteiger partial charge in [0.05, 0.1) is 6.20 Å². The Hall–Kier alpha value is -0.870. The highest BCUT2D eigenvalue weighted by Crippen LogP contribution is 2.36. The van der Waals surface area contributed by atoms with Crippen LogP contribution in [-0.2, 0) is 6.42 Å². The van der Waals surface area contributed by atoms with Crippen LogP contribution >= 0.6 is 11.3 Å². The molecule has 1 aliphatic rings. The summed E-state index contributed by atoms with van der Waals surface area (Å²) in [5.41, 5.74) is 6.19. The third kappa shape index (κ3) is 1.35. The van der Waals surface area contributed by atoms with Gasteiger partial charge in [-0.1, -0.05) is 0 Å². The van der Waals surface area contributed by atoms with Crippen LogP contribution in [0.1, 0.15) is 25.1 Å². The second kappa shape index (κ2) is 2.81. The second-order valence-corrected chi connectivity index (χ2v) is 5.07. The Labute approximate surface area is 86.6 Å². The summed E-state index contributed by atoms with van der Waals surface area (Å²) >= 11 is 1.73.